The Labute approximate surface area is 112 Å². The summed E-state index contributed by atoms with van der Waals surface area (Å²) in [7, 11) is 0. The highest BCUT2D eigenvalue weighted by atomic mass is 16.5. The number of aliphatic carboxylic acids is 1. The van der Waals surface area contributed by atoms with Crippen molar-refractivity contribution in [2.75, 3.05) is 31.2 Å². The number of aliphatic hydroxyl groups is 1. The van der Waals surface area contributed by atoms with Crippen LogP contribution in [-0.4, -0.2) is 48.1 Å². The number of carbonyl (C=O) groups is 1. The molecule has 104 valence electrons. The third-order valence-corrected chi connectivity index (χ3v) is 3.55. The van der Waals surface area contributed by atoms with Gasteiger partial charge in [0.2, 0.25) is 0 Å². The van der Waals surface area contributed by atoms with Crippen molar-refractivity contribution in [2.24, 2.45) is 0 Å². The average molecular weight is 265 g/mol. The van der Waals surface area contributed by atoms with Crippen molar-refractivity contribution in [3.63, 3.8) is 0 Å². The quantitative estimate of drug-likeness (QED) is 0.835. The maximum absolute atomic E-state index is 11.4. The Hall–Kier alpha value is -1.59. The molecule has 0 amide bonds. The van der Waals surface area contributed by atoms with Gasteiger partial charge in [0.25, 0.3) is 0 Å². The van der Waals surface area contributed by atoms with Crippen LogP contribution in [-0.2, 0) is 9.53 Å². The first-order valence-electron chi connectivity index (χ1n) is 6.46. The van der Waals surface area contributed by atoms with E-state index >= 15 is 0 Å². The van der Waals surface area contributed by atoms with Crippen LogP contribution in [0.5, 0.6) is 0 Å². The molecule has 0 unspecified atom stereocenters. The van der Waals surface area contributed by atoms with Crippen molar-refractivity contribution in [3.8, 4) is 0 Å². The number of carboxylic acid groups (broad SMARTS) is 1. The van der Waals surface area contributed by atoms with Crippen molar-refractivity contribution in [1.82, 2.24) is 0 Å². The van der Waals surface area contributed by atoms with E-state index < -0.39 is 11.6 Å². The summed E-state index contributed by atoms with van der Waals surface area (Å²) in [6, 6.07) is 9.93. The molecule has 1 aromatic carbocycles. The van der Waals surface area contributed by atoms with E-state index in [4.69, 9.17) is 9.84 Å². The van der Waals surface area contributed by atoms with Gasteiger partial charge in [-0.1, -0.05) is 18.2 Å². The monoisotopic (exact) mass is 265 g/mol. The Balaban J connectivity index is 2.02. The van der Waals surface area contributed by atoms with Crippen LogP contribution in [0.15, 0.2) is 30.3 Å². The second-order valence-corrected chi connectivity index (χ2v) is 4.69. The third-order valence-electron chi connectivity index (χ3n) is 3.55. The standard InChI is InChI=1S/C14H19NO4/c16-10-11-19-14(13(17)18)6-8-15(9-7-14)12-4-2-1-3-5-12/h1-5,16H,6-11H2,(H,17,18). The van der Waals surface area contributed by atoms with Crippen LogP contribution in [0.2, 0.25) is 0 Å². The van der Waals surface area contributed by atoms with E-state index in [9.17, 15) is 9.90 Å². The highest BCUT2D eigenvalue weighted by molar-refractivity contribution is 5.78. The summed E-state index contributed by atoms with van der Waals surface area (Å²) in [4.78, 5) is 13.6. The first-order valence-corrected chi connectivity index (χ1v) is 6.46. The van der Waals surface area contributed by atoms with Crippen molar-refractivity contribution in [3.05, 3.63) is 30.3 Å². The van der Waals surface area contributed by atoms with Crippen LogP contribution in [0.1, 0.15) is 12.8 Å². The lowest BCUT2D eigenvalue weighted by molar-refractivity contribution is -0.170. The van der Waals surface area contributed by atoms with E-state index in [1.807, 2.05) is 30.3 Å². The lowest BCUT2D eigenvalue weighted by Crippen LogP contribution is -2.51. The molecule has 19 heavy (non-hydrogen) atoms. The number of para-hydroxylation sites is 1. The Morgan fingerprint density at radius 2 is 1.89 bits per heavy atom. The van der Waals surface area contributed by atoms with Crippen molar-refractivity contribution >= 4 is 11.7 Å². The minimum absolute atomic E-state index is 0.0671. The van der Waals surface area contributed by atoms with Crippen LogP contribution in [0.25, 0.3) is 0 Å². The second kappa shape index (κ2) is 6.04. The maximum Gasteiger partial charge on any atom is 0.336 e. The molecular weight excluding hydrogens is 246 g/mol. The summed E-state index contributed by atoms with van der Waals surface area (Å²) >= 11 is 0. The molecule has 1 heterocycles. The van der Waals surface area contributed by atoms with Crippen LogP contribution < -0.4 is 4.90 Å². The summed E-state index contributed by atoms with van der Waals surface area (Å²) in [6.45, 7) is 1.19. The van der Waals surface area contributed by atoms with Crippen LogP contribution in [0, 0.1) is 0 Å². The van der Waals surface area contributed by atoms with Gasteiger partial charge in [0.15, 0.2) is 5.60 Å². The molecule has 1 aliphatic heterocycles. The lowest BCUT2D eigenvalue weighted by Gasteiger charge is -2.39. The number of piperidine rings is 1. The highest BCUT2D eigenvalue weighted by Gasteiger charge is 2.42. The van der Waals surface area contributed by atoms with Crippen molar-refractivity contribution < 1.29 is 19.7 Å². The number of ether oxygens (including phenoxy) is 1. The number of anilines is 1. The highest BCUT2D eigenvalue weighted by Crippen LogP contribution is 2.29. The van der Waals surface area contributed by atoms with Gasteiger partial charge in [-0.3, -0.25) is 0 Å². The van der Waals surface area contributed by atoms with Gasteiger partial charge >= 0.3 is 5.97 Å². The molecule has 0 atom stereocenters. The van der Waals surface area contributed by atoms with Crippen LogP contribution in [0.4, 0.5) is 5.69 Å². The summed E-state index contributed by atoms with van der Waals surface area (Å²) in [6.07, 6.45) is 0.856. The van der Waals surface area contributed by atoms with Crippen molar-refractivity contribution in [1.29, 1.82) is 0 Å². The van der Waals surface area contributed by atoms with Gasteiger partial charge < -0.3 is 19.8 Å². The van der Waals surface area contributed by atoms with E-state index in [1.54, 1.807) is 0 Å². The van der Waals surface area contributed by atoms with E-state index in [-0.39, 0.29) is 13.2 Å². The normalized spacial score (nSPS) is 18.3. The van der Waals surface area contributed by atoms with E-state index in [0.717, 1.165) is 5.69 Å². The van der Waals surface area contributed by atoms with E-state index in [0.29, 0.717) is 25.9 Å². The fraction of sp³-hybridized carbons (Fsp3) is 0.500. The minimum atomic E-state index is -1.14. The zero-order valence-electron chi connectivity index (χ0n) is 10.8. The molecule has 1 fully saturated rings. The largest absolute Gasteiger partial charge is 0.479 e. The van der Waals surface area contributed by atoms with Gasteiger partial charge in [0, 0.05) is 31.6 Å². The zero-order valence-corrected chi connectivity index (χ0v) is 10.8. The number of aliphatic hydroxyl groups excluding tert-OH is 1. The fourth-order valence-corrected chi connectivity index (χ4v) is 2.43. The van der Waals surface area contributed by atoms with Crippen LogP contribution >= 0.6 is 0 Å². The SMILES string of the molecule is O=C(O)C1(OCCO)CCN(c2ccccc2)CC1. The number of nitrogens with zero attached hydrogens (tertiary/aromatic N) is 1. The predicted molar refractivity (Wildman–Crippen MR) is 71.3 cm³/mol. The Kier molecular flexibility index (Phi) is 4.39. The molecule has 0 bridgehead atoms. The Morgan fingerprint density at radius 1 is 1.26 bits per heavy atom. The fourth-order valence-electron chi connectivity index (χ4n) is 2.43. The number of hydrogen-bond acceptors (Lipinski definition) is 4. The molecule has 0 aromatic heterocycles. The Morgan fingerprint density at radius 3 is 2.42 bits per heavy atom. The van der Waals surface area contributed by atoms with Gasteiger partial charge in [-0.2, -0.15) is 0 Å². The molecule has 5 heteroatoms. The molecule has 1 aliphatic rings. The van der Waals surface area contributed by atoms with Gasteiger partial charge in [0.1, 0.15) is 0 Å². The molecule has 1 aromatic rings. The number of rotatable bonds is 5. The summed E-state index contributed by atoms with van der Waals surface area (Å²) in [5.74, 6) is -0.936. The first-order chi connectivity index (χ1) is 9.18. The molecule has 2 rings (SSSR count). The third kappa shape index (κ3) is 3.05. The summed E-state index contributed by atoms with van der Waals surface area (Å²) in [5.41, 5.74) is -0.0442. The molecule has 0 aliphatic carbocycles. The van der Waals surface area contributed by atoms with Gasteiger partial charge in [-0.25, -0.2) is 4.79 Å². The van der Waals surface area contributed by atoms with Crippen LogP contribution in [0.3, 0.4) is 0 Å². The smallest absolute Gasteiger partial charge is 0.336 e. The number of hydrogen-bond donors (Lipinski definition) is 2. The average Bonchev–Trinajstić information content (AvgIpc) is 2.46. The molecule has 1 saturated heterocycles. The van der Waals surface area contributed by atoms with Gasteiger partial charge in [-0.15, -0.1) is 0 Å². The van der Waals surface area contributed by atoms with E-state index in [1.165, 1.54) is 0 Å². The lowest BCUT2D eigenvalue weighted by atomic mass is 9.91. The number of carboxylic acids is 1. The maximum atomic E-state index is 11.4. The number of benzene rings is 1. The minimum Gasteiger partial charge on any atom is -0.479 e. The molecule has 2 N–H and O–H groups in total. The summed E-state index contributed by atoms with van der Waals surface area (Å²) in [5, 5.41) is 18.1. The Bertz CT molecular complexity index is 413. The topological polar surface area (TPSA) is 70.0 Å². The van der Waals surface area contributed by atoms with Gasteiger partial charge in [-0.05, 0) is 12.1 Å². The van der Waals surface area contributed by atoms with Crippen molar-refractivity contribution in [2.45, 2.75) is 18.4 Å². The molecule has 0 radical (unpaired) electrons. The van der Waals surface area contributed by atoms with E-state index in [2.05, 4.69) is 4.90 Å². The summed E-state index contributed by atoms with van der Waals surface area (Å²) < 4.78 is 5.39. The van der Waals surface area contributed by atoms with Gasteiger partial charge in [0.05, 0.1) is 13.2 Å². The zero-order chi connectivity index (χ0) is 13.7. The molecule has 0 saturated carbocycles. The predicted octanol–water partition coefficient (Wildman–Crippen LogP) is 1.12. The first kappa shape index (κ1) is 13.8. The molecule has 0 spiro atoms. The second-order valence-electron chi connectivity index (χ2n) is 4.69. The molecular formula is C14H19NO4. The molecule has 5 nitrogen and oxygen atoms in total.